The van der Waals surface area contributed by atoms with Crippen LogP contribution < -0.4 is 10.1 Å². The molecular formula is C25H23BrClFN2O3. The number of rotatable bonds is 9. The number of amides is 2. The van der Waals surface area contributed by atoms with E-state index in [0.29, 0.717) is 16.3 Å². The van der Waals surface area contributed by atoms with Gasteiger partial charge in [0.15, 0.2) is 6.61 Å². The number of hydrogen-bond donors (Lipinski definition) is 1. The zero-order valence-corrected chi connectivity index (χ0v) is 20.3. The zero-order valence-electron chi connectivity index (χ0n) is 17.9. The van der Waals surface area contributed by atoms with Crippen LogP contribution in [0.1, 0.15) is 11.1 Å². The number of benzene rings is 3. The minimum absolute atomic E-state index is 0.0894. The van der Waals surface area contributed by atoms with Crippen LogP contribution in [0.4, 0.5) is 4.39 Å². The van der Waals surface area contributed by atoms with Crippen molar-refractivity contribution in [2.75, 3.05) is 13.7 Å². The van der Waals surface area contributed by atoms with Crippen LogP contribution >= 0.6 is 27.5 Å². The van der Waals surface area contributed by atoms with E-state index in [9.17, 15) is 14.0 Å². The molecule has 0 bridgehead atoms. The van der Waals surface area contributed by atoms with E-state index in [1.54, 1.807) is 36.4 Å². The van der Waals surface area contributed by atoms with Crippen LogP contribution in [-0.2, 0) is 22.6 Å². The van der Waals surface area contributed by atoms with Gasteiger partial charge in [0, 0.05) is 30.0 Å². The molecule has 1 atom stereocenters. The summed E-state index contributed by atoms with van der Waals surface area (Å²) < 4.78 is 20.9. The Labute approximate surface area is 205 Å². The molecule has 33 heavy (non-hydrogen) atoms. The van der Waals surface area contributed by atoms with E-state index in [1.807, 2.05) is 30.3 Å². The van der Waals surface area contributed by atoms with Gasteiger partial charge in [-0.3, -0.25) is 9.59 Å². The first kappa shape index (κ1) is 24.7. The Morgan fingerprint density at radius 2 is 1.79 bits per heavy atom. The first-order chi connectivity index (χ1) is 15.9. The molecule has 0 spiro atoms. The van der Waals surface area contributed by atoms with Gasteiger partial charge >= 0.3 is 0 Å². The van der Waals surface area contributed by atoms with Gasteiger partial charge in [-0.05, 0) is 29.8 Å². The van der Waals surface area contributed by atoms with Gasteiger partial charge in [0.2, 0.25) is 5.91 Å². The monoisotopic (exact) mass is 532 g/mol. The molecule has 0 saturated heterocycles. The van der Waals surface area contributed by atoms with Crippen LogP contribution in [0.15, 0.2) is 77.3 Å². The summed E-state index contributed by atoms with van der Waals surface area (Å²) in [4.78, 5) is 27.5. The van der Waals surface area contributed by atoms with Gasteiger partial charge < -0.3 is 15.0 Å². The molecule has 0 radical (unpaired) electrons. The van der Waals surface area contributed by atoms with Crippen LogP contribution in [0.5, 0.6) is 5.75 Å². The second-order valence-electron chi connectivity index (χ2n) is 7.30. The molecule has 3 aromatic rings. The van der Waals surface area contributed by atoms with E-state index in [2.05, 4.69) is 21.2 Å². The molecule has 0 unspecified atom stereocenters. The molecule has 0 fully saturated rings. The van der Waals surface area contributed by atoms with E-state index >= 15 is 0 Å². The predicted octanol–water partition coefficient (Wildman–Crippen LogP) is 5.01. The molecule has 0 aliphatic rings. The quantitative estimate of drug-likeness (QED) is 0.421. The lowest BCUT2D eigenvalue weighted by atomic mass is 10.0. The first-order valence-electron chi connectivity index (χ1n) is 10.2. The summed E-state index contributed by atoms with van der Waals surface area (Å²) in [5, 5.41) is 2.95. The topological polar surface area (TPSA) is 58.6 Å². The number of nitrogens with one attached hydrogen (secondary N) is 1. The van der Waals surface area contributed by atoms with E-state index in [-0.39, 0.29) is 25.5 Å². The molecule has 0 aliphatic heterocycles. The Balaban J connectivity index is 1.89. The summed E-state index contributed by atoms with van der Waals surface area (Å²) in [6.07, 6.45) is 0.264. The number of carbonyl (C=O) groups is 2. The Hall–Kier alpha value is -2.90. The highest BCUT2D eigenvalue weighted by molar-refractivity contribution is 9.10. The normalized spacial score (nSPS) is 11.5. The third-order valence-corrected chi connectivity index (χ3v) is 5.85. The Kier molecular flexibility index (Phi) is 8.86. The maximum absolute atomic E-state index is 14.4. The van der Waals surface area contributed by atoms with Crippen LogP contribution in [0.3, 0.4) is 0 Å². The lowest BCUT2D eigenvalue weighted by Crippen LogP contribution is -2.51. The number of ether oxygens (including phenoxy) is 1. The third-order valence-electron chi connectivity index (χ3n) is 5.06. The zero-order chi connectivity index (χ0) is 23.8. The van der Waals surface area contributed by atoms with Gasteiger partial charge in [-0.1, -0.05) is 76.1 Å². The lowest BCUT2D eigenvalue weighted by Gasteiger charge is -2.31. The van der Waals surface area contributed by atoms with E-state index in [4.69, 9.17) is 16.3 Å². The van der Waals surface area contributed by atoms with Gasteiger partial charge in [0.25, 0.3) is 5.91 Å². The van der Waals surface area contributed by atoms with Crippen molar-refractivity contribution < 1.29 is 18.7 Å². The molecule has 2 amide bonds. The molecule has 3 rings (SSSR count). The largest absolute Gasteiger partial charge is 0.482 e. The van der Waals surface area contributed by atoms with Crippen molar-refractivity contribution in [2.45, 2.75) is 19.0 Å². The molecule has 1 N–H and O–H groups in total. The van der Waals surface area contributed by atoms with Gasteiger partial charge in [-0.2, -0.15) is 0 Å². The second kappa shape index (κ2) is 11.8. The Morgan fingerprint density at radius 1 is 1.09 bits per heavy atom. The minimum atomic E-state index is -0.867. The summed E-state index contributed by atoms with van der Waals surface area (Å²) in [5.41, 5.74) is 1.17. The van der Waals surface area contributed by atoms with E-state index < -0.39 is 17.8 Å². The third kappa shape index (κ3) is 6.79. The number of halogens is 3. The molecule has 8 heteroatoms. The maximum atomic E-state index is 14.4. The fraction of sp³-hybridized carbons (Fsp3) is 0.200. The standard InChI is InChI=1S/C25H23BrClFN2O3/c1-29-25(32)22(13-17-7-3-2-4-8-17)30(15-18-9-5-6-10-21(18)28)24(31)16-33-23-12-11-19(26)14-20(23)27/h2-12,14,22H,13,15-16H2,1H3,(H,29,32)/t22-/m0/s1. The van der Waals surface area contributed by atoms with E-state index in [1.165, 1.54) is 18.0 Å². The molecule has 172 valence electrons. The number of carbonyl (C=O) groups excluding carboxylic acids is 2. The van der Waals surface area contributed by atoms with Crippen LogP contribution in [0, 0.1) is 5.82 Å². The molecule has 0 aromatic heterocycles. The van der Waals surface area contributed by atoms with Crippen molar-refractivity contribution >= 4 is 39.3 Å². The summed E-state index contributed by atoms with van der Waals surface area (Å²) in [5.74, 6) is -0.951. The number of likely N-dealkylation sites (N-methyl/N-ethyl adjacent to an activating group) is 1. The Bertz CT molecular complexity index is 1110. The highest BCUT2D eigenvalue weighted by atomic mass is 79.9. The number of hydrogen-bond acceptors (Lipinski definition) is 3. The summed E-state index contributed by atoms with van der Waals surface area (Å²) in [7, 11) is 1.50. The molecular weight excluding hydrogens is 511 g/mol. The fourth-order valence-electron chi connectivity index (χ4n) is 3.35. The summed E-state index contributed by atoms with van der Waals surface area (Å²) >= 11 is 9.51. The average molecular weight is 534 g/mol. The van der Waals surface area contributed by atoms with Crippen LogP contribution in [-0.4, -0.2) is 36.4 Å². The van der Waals surface area contributed by atoms with Crippen molar-refractivity contribution in [3.05, 3.63) is 99.2 Å². The molecule has 0 aliphatic carbocycles. The Morgan fingerprint density at radius 3 is 2.45 bits per heavy atom. The number of nitrogens with zero attached hydrogens (tertiary/aromatic N) is 1. The predicted molar refractivity (Wildman–Crippen MR) is 130 cm³/mol. The minimum Gasteiger partial charge on any atom is -0.482 e. The highest BCUT2D eigenvalue weighted by Gasteiger charge is 2.30. The molecule has 0 heterocycles. The molecule has 5 nitrogen and oxygen atoms in total. The average Bonchev–Trinajstić information content (AvgIpc) is 2.82. The second-order valence-corrected chi connectivity index (χ2v) is 8.62. The first-order valence-corrected chi connectivity index (χ1v) is 11.4. The highest BCUT2D eigenvalue weighted by Crippen LogP contribution is 2.28. The van der Waals surface area contributed by atoms with Crippen molar-refractivity contribution in [3.8, 4) is 5.75 Å². The van der Waals surface area contributed by atoms with Gasteiger partial charge in [-0.25, -0.2) is 4.39 Å². The van der Waals surface area contributed by atoms with Crippen LogP contribution in [0.25, 0.3) is 0 Å². The van der Waals surface area contributed by atoms with Gasteiger partial charge in [-0.15, -0.1) is 0 Å². The fourth-order valence-corrected chi connectivity index (χ4v) is 4.07. The van der Waals surface area contributed by atoms with Gasteiger partial charge in [0.1, 0.15) is 17.6 Å². The van der Waals surface area contributed by atoms with E-state index in [0.717, 1.165) is 10.0 Å². The van der Waals surface area contributed by atoms with Crippen molar-refractivity contribution in [2.24, 2.45) is 0 Å². The lowest BCUT2D eigenvalue weighted by molar-refractivity contribution is -0.142. The smallest absolute Gasteiger partial charge is 0.261 e. The summed E-state index contributed by atoms with van der Waals surface area (Å²) in [6.45, 7) is -0.452. The molecule has 0 saturated carbocycles. The van der Waals surface area contributed by atoms with Crippen molar-refractivity contribution in [3.63, 3.8) is 0 Å². The van der Waals surface area contributed by atoms with Crippen LogP contribution in [0.2, 0.25) is 5.02 Å². The van der Waals surface area contributed by atoms with Crippen molar-refractivity contribution in [1.82, 2.24) is 10.2 Å². The van der Waals surface area contributed by atoms with Gasteiger partial charge in [0.05, 0.1) is 5.02 Å². The summed E-state index contributed by atoms with van der Waals surface area (Å²) in [6, 6.07) is 19.7. The molecule has 3 aromatic carbocycles. The maximum Gasteiger partial charge on any atom is 0.261 e. The van der Waals surface area contributed by atoms with Crippen molar-refractivity contribution in [1.29, 1.82) is 0 Å². The SMILES string of the molecule is CNC(=O)[C@H](Cc1ccccc1)N(Cc1ccccc1F)C(=O)COc1ccc(Br)cc1Cl.